The molecule has 1 aromatic carbocycles. The van der Waals surface area contributed by atoms with Crippen LogP contribution in [0.4, 0.5) is 0 Å². The maximum Gasteiger partial charge on any atom is 0.212 e. The first kappa shape index (κ1) is 16.5. The van der Waals surface area contributed by atoms with Crippen LogP contribution in [0.2, 0.25) is 0 Å². The molecule has 0 spiro atoms. The van der Waals surface area contributed by atoms with Crippen LogP contribution in [-0.4, -0.2) is 31.3 Å². The quantitative estimate of drug-likeness (QED) is 0.305. The van der Waals surface area contributed by atoms with Crippen LogP contribution in [0.15, 0.2) is 35.5 Å². The number of nitrogens with one attached hydrogen (secondary N) is 1. The Morgan fingerprint density at radius 1 is 1.35 bits per heavy atom. The van der Waals surface area contributed by atoms with Crippen LogP contribution in [0, 0.1) is 0 Å². The molecule has 2 atom stereocenters. The second-order valence-electron chi connectivity index (χ2n) is 4.91. The maximum atomic E-state index is 12.0. The third-order valence-corrected chi connectivity index (χ3v) is 4.56. The molecule has 112 valence electrons. The molecule has 0 aliphatic rings. The Labute approximate surface area is 119 Å². The van der Waals surface area contributed by atoms with Gasteiger partial charge in [0.05, 0.1) is 5.75 Å². The number of nitrogens with two attached hydrogens (primary N) is 1. The first-order valence-electron chi connectivity index (χ1n) is 6.35. The van der Waals surface area contributed by atoms with E-state index in [1.54, 1.807) is 6.92 Å². The zero-order valence-corrected chi connectivity index (χ0v) is 12.5. The summed E-state index contributed by atoms with van der Waals surface area (Å²) >= 11 is 0. The predicted octanol–water partition coefficient (Wildman–Crippen LogP) is 1.23. The summed E-state index contributed by atoms with van der Waals surface area (Å²) in [4.78, 5) is 0. The number of nitrogens with zero attached hydrogens (tertiary/aromatic N) is 1. The topological polar surface area (TPSA) is 105 Å². The van der Waals surface area contributed by atoms with Gasteiger partial charge in [0, 0.05) is 12.5 Å². The molecule has 6 nitrogen and oxygen atoms in total. The molecular formula is C13H21N3O3S. The molecule has 20 heavy (non-hydrogen) atoms. The average molecular weight is 299 g/mol. The van der Waals surface area contributed by atoms with E-state index in [4.69, 9.17) is 10.9 Å². The number of hydrogen-bond acceptors (Lipinski definition) is 4. The van der Waals surface area contributed by atoms with Gasteiger partial charge in [-0.15, -0.1) is 0 Å². The van der Waals surface area contributed by atoms with Gasteiger partial charge in [0.2, 0.25) is 10.0 Å². The third kappa shape index (κ3) is 5.58. The number of amidine groups is 1. The molecule has 0 fully saturated rings. The van der Waals surface area contributed by atoms with Crippen LogP contribution in [0.5, 0.6) is 0 Å². The van der Waals surface area contributed by atoms with E-state index in [-0.39, 0.29) is 23.9 Å². The van der Waals surface area contributed by atoms with Crippen LogP contribution in [0.1, 0.15) is 31.7 Å². The van der Waals surface area contributed by atoms with Crippen molar-refractivity contribution in [2.75, 3.05) is 5.75 Å². The van der Waals surface area contributed by atoms with Gasteiger partial charge in [-0.3, -0.25) is 0 Å². The average Bonchev–Trinajstić information content (AvgIpc) is 2.38. The SMILES string of the molecule is CC(C/C(N)=N/O)NS(=O)(=O)CC(C)c1ccccc1. The van der Waals surface area contributed by atoms with E-state index in [1.807, 2.05) is 37.3 Å². The molecule has 2 unspecified atom stereocenters. The third-order valence-electron chi connectivity index (χ3n) is 2.86. The summed E-state index contributed by atoms with van der Waals surface area (Å²) in [7, 11) is -3.42. The van der Waals surface area contributed by atoms with Crippen molar-refractivity contribution in [1.82, 2.24) is 4.72 Å². The molecule has 0 aliphatic heterocycles. The van der Waals surface area contributed by atoms with Crippen molar-refractivity contribution in [3.63, 3.8) is 0 Å². The van der Waals surface area contributed by atoms with Crippen molar-refractivity contribution >= 4 is 15.9 Å². The lowest BCUT2D eigenvalue weighted by Crippen LogP contribution is -2.38. The Bertz CT molecular complexity index is 543. The number of rotatable bonds is 7. The van der Waals surface area contributed by atoms with Crippen LogP contribution in [0.3, 0.4) is 0 Å². The first-order valence-corrected chi connectivity index (χ1v) is 8.00. The molecule has 0 bridgehead atoms. The predicted molar refractivity (Wildman–Crippen MR) is 79.3 cm³/mol. The molecule has 7 heteroatoms. The number of benzene rings is 1. The van der Waals surface area contributed by atoms with Crippen molar-refractivity contribution in [2.45, 2.75) is 32.2 Å². The molecule has 0 radical (unpaired) electrons. The van der Waals surface area contributed by atoms with Crippen molar-refractivity contribution in [1.29, 1.82) is 0 Å². The number of oxime groups is 1. The smallest absolute Gasteiger partial charge is 0.212 e. The van der Waals surface area contributed by atoms with Gasteiger partial charge in [-0.05, 0) is 18.4 Å². The Morgan fingerprint density at radius 2 is 1.95 bits per heavy atom. The molecule has 0 saturated heterocycles. The highest BCUT2D eigenvalue weighted by molar-refractivity contribution is 7.89. The van der Waals surface area contributed by atoms with Crippen molar-refractivity contribution in [2.24, 2.45) is 10.9 Å². The van der Waals surface area contributed by atoms with E-state index >= 15 is 0 Å². The van der Waals surface area contributed by atoms with Crippen LogP contribution in [0.25, 0.3) is 0 Å². The summed E-state index contributed by atoms with van der Waals surface area (Å²) in [5, 5.41) is 11.3. The summed E-state index contributed by atoms with van der Waals surface area (Å²) < 4.78 is 26.6. The molecule has 1 rings (SSSR count). The maximum absolute atomic E-state index is 12.0. The molecule has 1 aromatic rings. The molecule has 0 heterocycles. The Kier molecular flexibility index (Phi) is 5.97. The highest BCUT2D eigenvalue weighted by Crippen LogP contribution is 2.16. The van der Waals surface area contributed by atoms with Crippen molar-refractivity contribution in [3.8, 4) is 0 Å². The van der Waals surface area contributed by atoms with Gasteiger partial charge in [-0.2, -0.15) is 0 Å². The Morgan fingerprint density at radius 3 is 2.50 bits per heavy atom. The fourth-order valence-corrected chi connectivity index (χ4v) is 3.60. The van der Waals surface area contributed by atoms with E-state index in [9.17, 15) is 8.42 Å². The second kappa shape index (κ2) is 7.25. The minimum absolute atomic E-state index is 0.00245. The summed E-state index contributed by atoms with van der Waals surface area (Å²) in [6.45, 7) is 3.53. The lowest BCUT2D eigenvalue weighted by molar-refractivity contribution is 0.316. The van der Waals surface area contributed by atoms with E-state index in [2.05, 4.69) is 9.88 Å². The highest BCUT2D eigenvalue weighted by Gasteiger charge is 2.19. The van der Waals surface area contributed by atoms with E-state index in [1.165, 1.54) is 0 Å². The minimum atomic E-state index is -3.42. The van der Waals surface area contributed by atoms with Gasteiger partial charge >= 0.3 is 0 Å². The molecule has 0 aromatic heterocycles. The monoisotopic (exact) mass is 299 g/mol. The summed E-state index contributed by atoms with van der Waals surface area (Å²) in [5.41, 5.74) is 6.32. The normalized spacial score (nSPS) is 15.8. The van der Waals surface area contributed by atoms with Gasteiger partial charge in [0.1, 0.15) is 5.84 Å². The van der Waals surface area contributed by atoms with Gasteiger partial charge in [0.15, 0.2) is 0 Å². The van der Waals surface area contributed by atoms with Gasteiger partial charge in [-0.25, -0.2) is 13.1 Å². The lowest BCUT2D eigenvalue weighted by Gasteiger charge is -2.16. The Balaban J connectivity index is 2.62. The second-order valence-corrected chi connectivity index (χ2v) is 6.71. The van der Waals surface area contributed by atoms with E-state index in [0.717, 1.165) is 5.56 Å². The number of sulfonamides is 1. The first-order chi connectivity index (χ1) is 9.34. The standard InChI is InChI=1S/C13H21N3O3S/c1-10(12-6-4-3-5-7-12)9-20(18,19)16-11(2)8-13(14)15-17/h3-7,10-11,16-17H,8-9H2,1-2H3,(H2,14,15). The van der Waals surface area contributed by atoms with Gasteiger partial charge < -0.3 is 10.9 Å². The summed E-state index contributed by atoms with van der Waals surface area (Å²) in [5.74, 6) is -0.113. The molecule has 0 saturated carbocycles. The van der Waals surface area contributed by atoms with Crippen LogP contribution < -0.4 is 10.5 Å². The Hall–Kier alpha value is -1.60. The minimum Gasteiger partial charge on any atom is -0.409 e. The van der Waals surface area contributed by atoms with E-state index in [0.29, 0.717) is 0 Å². The van der Waals surface area contributed by atoms with E-state index < -0.39 is 16.1 Å². The molecule has 0 amide bonds. The van der Waals surface area contributed by atoms with Crippen molar-refractivity contribution in [3.05, 3.63) is 35.9 Å². The zero-order chi connectivity index (χ0) is 15.2. The fourth-order valence-electron chi connectivity index (χ4n) is 1.96. The molecule has 4 N–H and O–H groups in total. The summed E-state index contributed by atoms with van der Waals surface area (Å²) in [6, 6.07) is 9.04. The van der Waals surface area contributed by atoms with Gasteiger partial charge in [-0.1, -0.05) is 42.4 Å². The molecular weight excluding hydrogens is 278 g/mol. The van der Waals surface area contributed by atoms with Crippen molar-refractivity contribution < 1.29 is 13.6 Å². The number of hydrogen-bond donors (Lipinski definition) is 3. The van der Waals surface area contributed by atoms with Gasteiger partial charge in [0.25, 0.3) is 0 Å². The van der Waals surface area contributed by atoms with Crippen LogP contribution in [-0.2, 0) is 10.0 Å². The summed E-state index contributed by atoms with van der Waals surface area (Å²) in [6.07, 6.45) is 0.162. The highest BCUT2D eigenvalue weighted by atomic mass is 32.2. The largest absolute Gasteiger partial charge is 0.409 e. The fraction of sp³-hybridized carbons (Fsp3) is 0.462. The lowest BCUT2D eigenvalue weighted by atomic mass is 10.0. The molecule has 0 aliphatic carbocycles. The zero-order valence-electron chi connectivity index (χ0n) is 11.7. The van der Waals surface area contributed by atoms with Crippen LogP contribution >= 0.6 is 0 Å².